The Kier molecular flexibility index (Phi) is 3.63. The minimum atomic E-state index is -0.118. The van der Waals surface area contributed by atoms with E-state index < -0.39 is 0 Å². The van der Waals surface area contributed by atoms with Crippen molar-refractivity contribution in [3.8, 4) is 11.3 Å². The van der Waals surface area contributed by atoms with E-state index in [1.165, 1.54) is 11.3 Å². The molecule has 0 aliphatic rings. The van der Waals surface area contributed by atoms with Crippen LogP contribution in [-0.4, -0.2) is 15.3 Å². The Morgan fingerprint density at radius 1 is 1.04 bits per heavy atom. The van der Waals surface area contributed by atoms with Crippen molar-refractivity contribution in [1.29, 1.82) is 0 Å². The van der Waals surface area contributed by atoms with Crippen LogP contribution in [0.2, 0.25) is 0 Å². The van der Waals surface area contributed by atoms with Gasteiger partial charge in [-0.15, -0.1) is 11.3 Å². The number of carbonyl (C=O) groups is 1. The first-order valence-corrected chi connectivity index (χ1v) is 8.50. The second-order valence-corrected chi connectivity index (χ2v) is 6.41. The minimum absolute atomic E-state index is 0.118. The maximum atomic E-state index is 12.6. The first-order valence-electron chi connectivity index (χ1n) is 7.62. The normalized spacial score (nSPS) is 10.9. The van der Waals surface area contributed by atoms with Crippen LogP contribution in [0.15, 0.2) is 66.0 Å². The molecule has 5 heteroatoms. The monoisotopic (exact) mass is 333 g/mol. The van der Waals surface area contributed by atoms with Gasteiger partial charge in [-0.1, -0.05) is 42.5 Å². The molecule has 0 aliphatic heterocycles. The molecular formula is C19H15N3OS. The SMILES string of the molecule is Cc1cccc2nc(-c3ccccc3)c(NC(=O)c3cccs3)n12. The molecule has 118 valence electrons. The lowest BCUT2D eigenvalue weighted by Crippen LogP contribution is -2.13. The molecule has 0 fully saturated rings. The Hall–Kier alpha value is -2.92. The Labute approximate surface area is 143 Å². The van der Waals surface area contributed by atoms with Crippen LogP contribution >= 0.6 is 11.3 Å². The van der Waals surface area contributed by atoms with Crippen molar-refractivity contribution >= 4 is 28.7 Å². The van der Waals surface area contributed by atoms with Crippen molar-refractivity contribution in [3.05, 3.63) is 76.6 Å². The third kappa shape index (κ3) is 2.49. The molecule has 0 unspecified atom stereocenters. The molecule has 0 saturated heterocycles. The van der Waals surface area contributed by atoms with E-state index in [1.807, 2.05) is 77.4 Å². The van der Waals surface area contributed by atoms with Gasteiger partial charge in [0.25, 0.3) is 5.91 Å². The van der Waals surface area contributed by atoms with Gasteiger partial charge in [0.2, 0.25) is 0 Å². The zero-order valence-electron chi connectivity index (χ0n) is 13.1. The van der Waals surface area contributed by atoms with Crippen molar-refractivity contribution in [2.75, 3.05) is 5.32 Å². The zero-order chi connectivity index (χ0) is 16.5. The van der Waals surface area contributed by atoms with Crippen molar-refractivity contribution in [2.24, 2.45) is 0 Å². The largest absolute Gasteiger partial charge is 0.305 e. The molecular weight excluding hydrogens is 318 g/mol. The number of rotatable bonds is 3. The van der Waals surface area contributed by atoms with Gasteiger partial charge in [-0.25, -0.2) is 4.98 Å². The summed E-state index contributed by atoms with van der Waals surface area (Å²) < 4.78 is 1.98. The van der Waals surface area contributed by atoms with E-state index in [0.29, 0.717) is 10.7 Å². The Bertz CT molecular complexity index is 1000. The van der Waals surface area contributed by atoms with E-state index in [2.05, 4.69) is 5.32 Å². The summed E-state index contributed by atoms with van der Waals surface area (Å²) in [4.78, 5) is 18.0. The number of nitrogens with one attached hydrogen (secondary N) is 1. The number of nitrogens with zero attached hydrogens (tertiary/aromatic N) is 2. The molecule has 0 bridgehead atoms. The lowest BCUT2D eigenvalue weighted by Gasteiger charge is -2.09. The van der Waals surface area contributed by atoms with Gasteiger partial charge in [0.1, 0.15) is 17.2 Å². The average molecular weight is 333 g/mol. The minimum Gasteiger partial charge on any atom is -0.305 e. The van der Waals surface area contributed by atoms with Crippen LogP contribution in [0.3, 0.4) is 0 Å². The summed E-state index contributed by atoms with van der Waals surface area (Å²) in [7, 11) is 0. The molecule has 0 saturated carbocycles. The second-order valence-electron chi connectivity index (χ2n) is 5.47. The molecule has 4 nitrogen and oxygen atoms in total. The standard InChI is InChI=1S/C19H15N3OS/c1-13-7-5-11-16-20-17(14-8-3-2-4-9-14)18(22(13)16)21-19(23)15-10-6-12-24-15/h2-12H,1H3,(H,21,23). The third-order valence-corrected chi connectivity index (χ3v) is 4.73. The average Bonchev–Trinajstić information content (AvgIpc) is 3.24. The number of aryl methyl sites for hydroxylation is 1. The van der Waals surface area contributed by atoms with E-state index in [-0.39, 0.29) is 5.91 Å². The second kappa shape index (κ2) is 5.94. The summed E-state index contributed by atoms with van der Waals surface area (Å²) in [5, 5.41) is 4.94. The molecule has 1 N–H and O–H groups in total. The highest BCUT2D eigenvalue weighted by atomic mass is 32.1. The topological polar surface area (TPSA) is 46.4 Å². The summed E-state index contributed by atoms with van der Waals surface area (Å²) in [6.45, 7) is 2.00. The van der Waals surface area contributed by atoms with Gasteiger partial charge in [0.05, 0.1) is 4.88 Å². The van der Waals surface area contributed by atoms with E-state index >= 15 is 0 Å². The number of imidazole rings is 1. The molecule has 1 aromatic carbocycles. The highest BCUT2D eigenvalue weighted by Gasteiger charge is 2.18. The Morgan fingerprint density at radius 2 is 1.88 bits per heavy atom. The number of hydrogen-bond acceptors (Lipinski definition) is 3. The number of aromatic nitrogens is 2. The summed E-state index contributed by atoms with van der Waals surface area (Å²) >= 11 is 1.42. The van der Waals surface area contributed by atoms with Gasteiger partial charge in [-0.3, -0.25) is 9.20 Å². The first-order chi connectivity index (χ1) is 11.7. The zero-order valence-corrected chi connectivity index (χ0v) is 13.9. The fraction of sp³-hybridized carbons (Fsp3) is 0.0526. The number of hydrogen-bond donors (Lipinski definition) is 1. The molecule has 1 amide bonds. The maximum absolute atomic E-state index is 12.6. The molecule has 3 heterocycles. The van der Waals surface area contributed by atoms with Crippen molar-refractivity contribution < 1.29 is 4.79 Å². The molecule has 0 spiro atoms. The molecule has 0 radical (unpaired) electrons. The molecule has 4 aromatic rings. The third-order valence-electron chi connectivity index (χ3n) is 3.86. The van der Waals surface area contributed by atoms with Crippen LogP contribution in [-0.2, 0) is 0 Å². The molecule has 3 aromatic heterocycles. The number of thiophene rings is 1. The van der Waals surface area contributed by atoms with E-state index in [9.17, 15) is 4.79 Å². The highest BCUT2D eigenvalue weighted by Crippen LogP contribution is 2.30. The summed E-state index contributed by atoms with van der Waals surface area (Å²) in [6, 6.07) is 19.5. The van der Waals surface area contributed by atoms with E-state index in [1.54, 1.807) is 0 Å². The van der Waals surface area contributed by atoms with Crippen LogP contribution in [0.25, 0.3) is 16.9 Å². The molecule has 0 atom stereocenters. The van der Waals surface area contributed by atoms with Crippen LogP contribution in [0.5, 0.6) is 0 Å². The number of anilines is 1. The fourth-order valence-corrected chi connectivity index (χ4v) is 3.36. The van der Waals surface area contributed by atoms with Crippen LogP contribution in [0, 0.1) is 6.92 Å². The van der Waals surface area contributed by atoms with Crippen molar-refractivity contribution in [2.45, 2.75) is 6.92 Å². The fourth-order valence-electron chi connectivity index (χ4n) is 2.74. The lowest BCUT2D eigenvalue weighted by molar-refractivity contribution is 0.103. The van der Waals surface area contributed by atoms with Crippen LogP contribution in [0.4, 0.5) is 5.82 Å². The Balaban J connectivity index is 1.89. The van der Waals surface area contributed by atoms with Crippen LogP contribution < -0.4 is 5.32 Å². The molecule has 4 rings (SSSR count). The molecule has 24 heavy (non-hydrogen) atoms. The lowest BCUT2D eigenvalue weighted by atomic mass is 10.1. The summed E-state index contributed by atoms with van der Waals surface area (Å²) in [5.74, 6) is 0.583. The Morgan fingerprint density at radius 3 is 2.62 bits per heavy atom. The predicted octanol–water partition coefficient (Wildman–Crippen LogP) is 4.62. The maximum Gasteiger partial charge on any atom is 0.266 e. The van der Waals surface area contributed by atoms with Crippen molar-refractivity contribution in [3.63, 3.8) is 0 Å². The van der Waals surface area contributed by atoms with Crippen molar-refractivity contribution in [1.82, 2.24) is 9.38 Å². The van der Waals surface area contributed by atoms with Gasteiger partial charge >= 0.3 is 0 Å². The quantitative estimate of drug-likeness (QED) is 0.594. The van der Waals surface area contributed by atoms with Crippen LogP contribution in [0.1, 0.15) is 15.4 Å². The van der Waals surface area contributed by atoms with E-state index in [4.69, 9.17) is 4.98 Å². The summed E-state index contributed by atoms with van der Waals surface area (Å²) in [5.41, 5.74) is 3.58. The number of amides is 1. The van der Waals surface area contributed by atoms with Gasteiger partial charge in [-0.2, -0.15) is 0 Å². The van der Waals surface area contributed by atoms with E-state index in [0.717, 1.165) is 22.6 Å². The number of benzene rings is 1. The summed E-state index contributed by atoms with van der Waals surface area (Å²) in [6.07, 6.45) is 0. The van der Waals surface area contributed by atoms with Gasteiger partial charge in [-0.05, 0) is 30.5 Å². The number of fused-ring (bicyclic) bond motifs is 1. The highest BCUT2D eigenvalue weighted by molar-refractivity contribution is 7.12. The number of pyridine rings is 1. The van der Waals surface area contributed by atoms with Gasteiger partial charge in [0, 0.05) is 11.3 Å². The predicted molar refractivity (Wildman–Crippen MR) is 97.6 cm³/mol. The molecule has 0 aliphatic carbocycles. The van der Waals surface area contributed by atoms with Gasteiger partial charge in [0.15, 0.2) is 0 Å². The first kappa shape index (κ1) is 14.7. The number of carbonyl (C=O) groups excluding carboxylic acids is 1. The van der Waals surface area contributed by atoms with Gasteiger partial charge < -0.3 is 5.32 Å². The smallest absolute Gasteiger partial charge is 0.266 e.